The number of ether oxygens (including phenoxy) is 2. The summed E-state index contributed by atoms with van der Waals surface area (Å²) in [4.78, 5) is 27.6. The highest BCUT2D eigenvalue weighted by molar-refractivity contribution is 9.10. The molecular formula is C26H30BrNO5. The minimum absolute atomic E-state index is 0.0921. The van der Waals surface area contributed by atoms with E-state index in [1.807, 2.05) is 37.3 Å². The number of aryl methyl sites for hydroxylation is 1. The van der Waals surface area contributed by atoms with Gasteiger partial charge in [-0.15, -0.1) is 0 Å². The molecule has 2 aromatic rings. The average molecular weight is 516 g/mol. The number of methoxy groups -OCH3 is 1. The number of aliphatic hydroxyl groups is 1. The Morgan fingerprint density at radius 2 is 1.94 bits per heavy atom. The molecule has 0 aromatic heterocycles. The molecule has 0 spiro atoms. The zero-order chi connectivity index (χ0) is 24.1. The van der Waals surface area contributed by atoms with E-state index in [-0.39, 0.29) is 11.3 Å². The van der Waals surface area contributed by atoms with Crippen molar-refractivity contribution in [3.05, 3.63) is 69.2 Å². The zero-order valence-electron chi connectivity index (χ0n) is 19.4. The molecule has 0 saturated carbocycles. The lowest BCUT2D eigenvalue weighted by Crippen LogP contribution is -2.31. The Hall–Kier alpha value is -2.64. The van der Waals surface area contributed by atoms with Crippen molar-refractivity contribution in [2.75, 3.05) is 26.9 Å². The standard InChI is InChI=1S/C26H30BrNO5/c1-16(2)15-33-20-9-10-21(17(3)13-20)24(29)22-23(18-7-5-8-19(27)14-18)28(11-6-12-32-4)26(31)25(22)30/h5,7-10,13-14,16,23,29H,6,11-12,15H2,1-4H3/t23-/m1/s1. The number of hydrogen-bond donors (Lipinski definition) is 1. The Balaban J connectivity index is 2.07. The Morgan fingerprint density at radius 3 is 2.58 bits per heavy atom. The van der Waals surface area contributed by atoms with Crippen molar-refractivity contribution < 1.29 is 24.2 Å². The highest BCUT2D eigenvalue weighted by Crippen LogP contribution is 2.40. The van der Waals surface area contributed by atoms with E-state index < -0.39 is 17.7 Å². The Bertz CT molecular complexity index is 1060. The van der Waals surface area contributed by atoms with Gasteiger partial charge in [-0.2, -0.15) is 0 Å². The van der Waals surface area contributed by atoms with Crippen molar-refractivity contribution in [2.24, 2.45) is 5.92 Å². The van der Waals surface area contributed by atoms with Gasteiger partial charge in [0.1, 0.15) is 11.5 Å². The fraction of sp³-hybridized carbons (Fsp3) is 0.385. The second-order valence-electron chi connectivity index (χ2n) is 8.58. The quantitative estimate of drug-likeness (QED) is 0.213. The molecule has 176 valence electrons. The fourth-order valence-corrected chi connectivity index (χ4v) is 4.33. The summed E-state index contributed by atoms with van der Waals surface area (Å²) >= 11 is 3.47. The Morgan fingerprint density at radius 1 is 1.18 bits per heavy atom. The van der Waals surface area contributed by atoms with Crippen LogP contribution in [0.4, 0.5) is 0 Å². The largest absolute Gasteiger partial charge is 0.507 e. The molecule has 0 bridgehead atoms. The van der Waals surface area contributed by atoms with Gasteiger partial charge in [-0.3, -0.25) is 9.59 Å². The minimum atomic E-state index is -0.686. The third-order valence-electron chi connectivity index (χ3n) is 5.49. The molecule has 2 aromatic carbocycles. The van der Waals surface area contributed by atoms with E-state index in [2.05, 4.69) is 29.8 Å². The van der Waals surface area contributed by atoms with E-state index in [0.717, 1.165) is 15.6 Å². The van der Waals surface area contributed by atoms with Gasteiger partial charge in [-0.1, -0.05) is 41.9 Å². The number of rotatable bonds is 9. The number of ketones is 1. The highest BCUT2D eigenvalue weighted by atomic mass is 79.9. The monoisotopic (exact) mass is 515 g/mol. The predicted octanol–water partition coefficient (Wildman–Crippen LogP) is 5.25. The van der Waals surface area contributed by atoms with E-state index in [1.54, 1.807) is 19.2 Å². The number of benzene rings is 2. The molecule has 0 radical (unpaired) electrons. The molecule has 1 saturated heterocycles. The van der Waals surface area contributed by atoms with Crippen molar-refractivity contribution in [1.82, 2.24) is 4.90 Å². The number of likely N-dealkylation sites (tertiary alicyclic amines) is 1. The molecule has 1 aliphatic heterocycles. The lowest BCUT2D eigenvalue weighted by Gasteiger charge is -2.25. The first-order valence-corrected chi connectivity index (χ1v) is 11.8. The van der Waals surface area contributed by atoms with Gasteiger partial charge >= 0.3 is 0 Å². The molecule has 7 heteroatoms. The van der Waals surface area contributed by atoms with Crippen molar-refractivity contribution in [2.45, 2.75) is 33.2 Å². The summed E-state index contributed by atoms with van der Waals surface area (Å²) in [6, 6.07) is 12.1. The average Bonchev–Trinajstić information content (AvgIpc) is 3.02. The summed E-state index contributed by atoms with van der Waals surface area (Å²) in [7, 11) is 1.59. The number of Topliss-reactive ketones (excluding diaryl/α,β-unsaturated/α-hetero) is 1. The molecule has 1 fully saturated rings. The molecule has 3 rings (SSSR count). The molecule has 0 aliphatic carbocycles. The van der Waals surface area contributed by atoms with Crippen LogP contribution in [0, 0.1) is 12.8 Å². The summed E-state index contributed by atoms with van der Waals surface area (Å²) < 4.78 is 11.7. The van der Waals surface area contributed by atoms with Crippen LogP contribution in [-0.4, -0.2) is 48.6 Å². The number of carbonyl (C=O) groups excluding carboxylic acids is 2. The predicted molar refractivity (Wildman–Crippen MR) is 131 cm³/mol. The lowest BCUT2D eigenvalue weighted by atomic mass is 9.94. The Kier molecular flexibility index (Phi) is 8.32. The maximum atomic E-state index is 13.1. The van der Waals surface area contributed by atoms with Gasteiger partial charge < -0.3 is 19.5 Å². The third kappa shape index (κ3) is 5.65. The summed E-state index contributed by atoms with van der Waals surface area (Å²) in [5.41, 5.74) is 2.10. The van der Waals surface area contributed by atoms with Crippen LogP contribution in [0.2, 0.25) is 0 Å². The van der Waals surface area contributed by atoms with Gasteiger partial charge in [-0.25, -0.2) is 0 Å². The summed E-state index contributed by atoms with van der Waals surface area (Å²) in [6.45, 7) is 7.38. The van der Waals surface area contributed by atoms with E-state index >= 15 is 0 Å². The van der Waals surface area contributed by atoms with Gasteiger partial charge in [0, 0.05) is 30.3 Å². The van der Waals surface area contributed by atoms with Crippen molar-refractivity contribution in [3.8, 4) is 5.75 Å². The van der Waals surface area contributed by atoms with E-state index in [0.29, 0.717) is 43.4 Å². The molecular weight excluding hydrogens is 486 g/mol. The second-order valence-corrected chi connectivity index (χ2v) is 9.49. The van der Waals surface area contributed by atoms with Crippen LogP contribution in [0.1, 0.15) is 43.0 Å². The van der Waals surface area contributed by atoms with Crippen molar-refractivity contribution in [1.29, 1.82) is 0 Å². The number of halogens is 1. The first-order chi connectivity index (χ1) is 15.7. The van der Waals surface area contributed by atoms with Gasteiger partial charge in [0.2, 0.25) is 0 Å². The number of nitrogens with zero attached hydrogens (tertiary/aromatic N) is 1. The van der Waals surface area contributed by atoms with Crippen LogP contribution in [0.5, 0.6) is 5.75 Å². The van der Waals surface area contributed by atoms with Crippen LogP contribution in [0.25, 0.3) is 5.76 Å². The van der Waals surface area contributed by atoms with E-state index in [9.17, 15) is 14.7 Å². The molecule has 33 heavy (non-hydrogen) atoms. The number of carbonyl (C=O) groups is 2. The highest BCUT2D eigenvalue weighted by Gasteiger charge is 2.45. The van der Waals surface area contributed by atoms with E-state index in [4.69, 9.17) is 9.47 Å². The number of hydrogen-bond acceptors (Lipinski definition) is 5. The van der Waals surface area contributed by atoms with Crippen LogP contribution >= 0.6 is 15.9 Å². The first kappa shape index (κ1) is 25.0. The van der Waals surface area contributed by atoms with Gasteiger partial charge in [-0.05, 0) is 60.7 Å². The second kappa shape index (κ2) is 11.0. The fourth-order valence-electron chi connectivity index (χ4n) is 3.91. The van der Waals surface area contributed by atoms with Crippen molar-refractivity contribution >= 4 is 33.4 Å². The third-order valence-corrected chi connectivity index (χ3v) is 5.98. The summed E-state index contributed by atoms with van der Waals surface area (Å²) in [5.74, 6) is -0.402. The topological polar surface area (TPSA) is 76.1 Å². The summed E-state index contributed by atoms with van der Waals surface area (Å²) in [5, 5.41) is 11.3. The molecule has 1 heterocycles. The smallest absolute Gasteiger partial charge is 0.295 e. The van der Waals surface area contributed by atoms with Gasteiger partial charge in [0.05, 0.1) is 18.2 Å². The lowest BCUT2D eigenvalue weighted by molar-refractivity contribution is -0.140. The van der Waals surface area contributed by atoms with Crippen LogP contribution < -0.4 is 4.74 Å². The van der Waals surface area contributed by atoms with Gasteiger partial charge in [0.15, 0.2) is 0 Å². The van der Waals surface area contributed by atoms with Crippen LogP contribution in [0.3, 0.4) is 0 Å². The maximum Gasteiger partial charge on any atom is 0.295 e. The Labute approximate surface area is 203 Å². The molecule has 1 atom stereocenters. The SMILES string of the molecule is COCCCN1C(=O)C(=O)C(=C(O)c2ccc(OCC(C)C)cc2C)[C@H]1c1cccc(Br)c1. The minimum Gasteiger partial charge on any atom is -0.507 e. The van der Waals surface area contributed by atoms with Crippen molar-refractivity contribution in [3.63, 3.8) is 0 Å². The summed E-state index contributed by atoms with van der Waals surface area (Å²) in [6.07, 6.45) is 0.578. The number of aliphatic hydroxyl groups excluding tert-OH is 1. The molecule has 1 amide bonds. The zero-order valence-corrected chi connectivity index (χ0v) is 21.0. The number of amides is 1. The first-order valence-electron chi connectivity index (χ1n) is 11.0. The van der Waals surface area contributed by atoms with Crippen LogP contribution in [-0.2, 0) is 14.3 Å². The normalized spacial score (nSPS) is 17.8. The van der Waals surface area contributed by atoms with Gasteiger partial charge in [0.25, 0.3) is 11.7 Å². The molecule has 0 unspecified atom stereocenters. The molecule has 1 aliphatic rings. The van der Waals surface area contributed by atoms with E-state index in [1.165, 1.54) is 4.90 Å². The molecule has 1 N–H and O–H groups in total. The molecule has 6 nitrogen and oxygen atoms in total. The van der Waals surface area contributed by atoms with Crippen LogP contribution in [0.15, 0.2) is 52.5 Å². The maximum absolute atomic E-state index is 13.1.